The number of hydrogen-bond donors (Lipinski definition) is 1. The average molecular weight is 268 g/mol. The van der Waals surface area contributed by atoms with E-state index in [1.165, 1.54) is 23.1 Å². The van der Waals surface area contributed by atoms with E-state index in [0.29, 0.717) is 11.6 Å². The molecule has 6 nitrogen and oxygen atoms in total. The van der Waals surface area contributed by atoms with Crippen molar-refractivity contribution in [2.45, 2.75) is 24.2 Å². The molecule has 2 aromatic heterocycles. The molecule has 0 amide bonds. The van der Waals surface area contributed by atoms with Crippen LogP contribution in [0.3, 0.4) is 0 Å². The van der Waals surface area contributed by atoms with Gasteiger partial charge in [0.1, 0.15) is 0 Å². The summed E-state index contributed by atoms with van der Waals surface area (Å²) in [5.41, 5.74) is 6.04. The first-order chi connectivity index (χ1) is 8.13. The smallest absolute Gasteiger partial charge is 0.235 e. The summed E-state index contributed by atoms with van der Waals surface area (Å²) in [7, 11) is 0. The standard InChI is InChI=1S/C9H12N6S2/c1-5(2)6(11)7-12-13-8-15(7)14-9(17-8)16-4-3-10/h5-6H,4,11H2,1-2H3/t6-/m0/s1. The molecule has 0 fully saturated rings. The third kappa shape index (κ3) is 2.41. The maximum Gasteiger partial charge on any atom is 0.235 e. The Morgan fingerprint density at radius 2 is 2.29 bits per heavy atom. The fraction of sp³-hybridized carbons (Fsp3) is 0.556. The number of rotatable bonds is 4. The van der Waals surface area contributed by atoms with Gasteiger partial charge in [-0.05, 0) is 5.92 Å². The van der Waals surface area contributed by atoms with Gasteiger partial charge in [0.2, 0.25) is 4.96 Å². The van der Waals surface area contributed by atoms with Gasteiger partial charge in [-0.15, -0.1) is 15.3 Å². The Morgan fingerprint density at radius 1 is 1.53 bits per heavy atom. The third-order valence-electron chi connectivity index (χ3n) is 2.27. The fourth-order valence-corrected chi connectivity index (χ4v) is 2.82. The largest absolute Gasteiger partial charge is 0.321 e. The highest BCUT2D eigenvalue weighted by Gasteiger charge is 2.20. The lowest BCUT2D eigenvalue weighted by Gasteiger charge is -2.11. The maximum atomic E-state index is 8.52. The molecule has 90 valence electrons. The van der Waals surface area contributed by atoms with Gasteiger partial charge < -0.3 is 5.73 Å². The van der Waals surface area contributed by atoms with Crippen LogP contribution >= 0.6 is 23.1 Å². The molecule has 0 spiro atoms. The Hall–Kier alpha value is -1.17. The van der Waals surface area contributed by atoms with Crippen molar-refractivity contribution in [2.24, 2.45) is 11.7 Å². The van der Waals surface area contributed by atoms with Crippen molar-refractivity contribution in [1.29, 1.82) is 5.26 Å². The lowest BCUT2D eigenvalue weighted by atomic mass is 10.1. The van der Waals surface area contributed by atoms with Gasteiger partial charge in [0.05, 0.1) is 17.9 Å². The molecular formula is C9H12N6S2. The molecule has 0 saturated carbocycles. The summed E-state index contributed by atoms with van der Waals surface area (Å²) in [4.78, 5) is 0.719. The third-order valence-corrected chi connectivity index (χ3v) is 4.17. The van der Waals surface area contributed by atoms with Crippen LogP contribution in [0.25, 0.3) is 4.96 Å². The molecule has 8 heteroatoms. The quantitative estimate of drug-likeness (QED) is 0.844. The first-order valence-corrected chi connectivity index (χ1v) is 6.91. The SMILES string of the molecule is CC(C)[C@H](N)c1nnc2sc(SCC#N)nn12. The van der Waals surface area contributed by atoms with Crippen LogP contribution in [0.4, 0.5) is 0 Å². The minimum atomic E-state index is -0.180. The maximum absolute atomic E-state index is 8.52. The van der Waals surface area contributed by atoms with Crippen LogP contribution in [0, 0.1) is 17.2 Å². The number of hydrogen-bond acceptors (Lipinski definition) is 7. The van der Waals surface area contributed by atoms with Crippen LogP contribution in [-0.4, -0.2) is 25.6 Å². The summed E-state index contributed by atoms with van der Waals surface area (Å²) in [6, 6.07) is 1.89. The molecule has 0 unspecified atom stereocenters. The van der Waals surface area contributed by atoms with E-state index in [4.69, 9.17) is 11.0 Å². The van der Waals surface area contributed by atoms with Gasteiger partial charge in [0.25, 0.3) is 0 Å². The van der Waals surface area contributed by atoms with E-state index >= 15 is 0 Å². The van der Waals surface area contributed by atoms with E-state index in [0.717, 1.165) is 9.30 Å². The molecule has 2 aromatic rings. The Kier molecular flexibility index (Phi) is 3.61. The van der Waals surface area contributed by atoms with Crippen molar-refractivity contribution in [3.05, 3.63) is 5.82 Å². The molecule has 2 heterocycles. The second-order valence-corrected chi connectivity index (χ2v) is 6.02. The minimum Gasteiger partial charge on any atom is -0.321 e. The van der Waals surface area contributed by atoms with Gasteiger partial charge in [-0.25, -0.2) is 0 Å². The van der Waals surface area contributed by atoms with Gasteiger partial charge in [-0.3, -0.25) is 0 Å². The van der Waals surface area contributed by atoms with E-state index in [-0.39, 0.29) is 12.0 Å². The van der Waals surface area contributed by atoms with E-state index in [2.05, 4.69) is 21.4 Å². The summed E-state index contributed by atoms with van der Waals surface area (Å²) in [6.45, 7) is 4.06. The average Bonchev–Trinajstić information content (AvgIpc) is 2.84. The summed E-state index contributed by atoms with van der Waals surface area (Å²) in [6.07, 6.45) is 0. The first-order valence-electron chi connectivity index (χ1n) is 5.11. The van der Waals surface area contributed by atoms with Crippen LogP contribution in [0.5, 0.6) is 0 Å². The fourth-order valence-electron chi connectivity index (χ4n) is 1.27. The van der Waals surface area contributed by atoms with Crippen molar-refractivity contribution in [3.63, 3.8) is 0 Å². The van der Waals surface area contributed by atoms with Crippen LogP contribution < -0.4 is 5.73 Å². The summed E-state index contributed by atoms with van der Waals surface area (Å²) in [5, 5.41) is 21.0. The van der Waals surface area contributed by atoms with E-state index in [1.54, 1.807) is 4.52 Å². The predicted octanol–water partition coefficient (Wildman–Crippen LogP) is 1.46. The molecule has 0 aliphatic rings. The molecule has 0 bridgehead atoms. The molecular weight excluding hydrogens is 256 g/mol. The Labute approximate surface area is 107 Å². The highest BCUT2D eigenvalue weighted by Crippen LogP contribution is 2.26. The zero-order chi connectivity index (χ0) is 12.4. The minimum absolute atomic E-state index is 0.180. The van der Waals surface area contributed by atoms with E-state index in [9.17, 15) is 0 Å². The molecule has 0 saturated heterocycles. The van der Waals surface area contributed by atoms with Gasteiger partial charge in [-0.1, -0.05) is 36.9 Å². The predicted molar refractivity (Wildman–Crippen MR) is 66.8 cm³/mol. The van der Waals surface area contributed by atoms with Crippen LogP contribution in [0.1, 0.15) is 25.7 Å². The van der Waals surface area contributed by atoms with Crippen molar-refractivity contribution in [1.82, 2.24) is 19.8 Å². The highest BCUT2D eigenvalue weighted by atomic mass is 32.2. The number of fused-ring (bicyclic) bond motifs is 1. The second-order valence-electron chi connectivity index (χ2n) is 3.84. The Morgan fingerprint density at radius 3 is 2.94 bits per heavy atom. The molecule has 17 heavy (non-hydrogen) atoms. The Bertz CT molecular complexity index is 551. The van der Waals surface area contributed by atoms with Gasteiger partial charge >= 0.3 is 0 Å². The van der Waals surface area contributed by atoms with Gasteiger partial charge in [0.15, 0.2) is 10.2 Å². The van der Waals surface area contributed by atoms with Crippen LogP contribution in [0.15, 0.2) is 4.34 Å². The molecule has 0 aromatic carbocycles. The zero-order valence-corrected chi connectivity index (χ0v) is 11.1. The normalized spacial score (nSPS) is 13.1. The lowest BCUT2D eigenvalue weighted by Crippen LogP contribution is -2.20. The summed E-state index contributed by atoms with van der Waals surface area (Å²) >= 11 is 2.82. The Balaban J connectivity index is 2.33. The molecule has 0 radical (unpaired) electrons. The first kappa shape index (κ1) is 12.3. The second kappa shape index (κ2) is 5.00. The number of nitriles is 1. The monoisotopic (exact) mass is 268 g/mol. The zero-order valence-electron chi connectivity index (χ0n) is 9.49. The van der Waals surface area contributed by atoms with E-state index < -0.39 is 0 Å². The van der Waals surface area contributed by atoms with Crippen LogP contribution in [-0.2, 0) is 0 Å². The summed E-state index contributed by atoms with van der Waals surface area (Å²) < 4.78 is 2.49. The highest BCUT2D eigenvalue weighted by molar-refractivity contribution is 8.01. The molecule has 1 atom stereocenters. The summed E-state index contributed by atoms with van der Waals surface area (Å²) in [5.74, 6) is 1.34. The van der Waals surface area contributed by atoms with Crippen molar-refractivity contribution in [2.75, 3.05) is 5.75 Å². The lowest BCUT2D eigenvalue weighted by molar-refractivity contribution is 0.479. The number of nitrogens with zero attached hydrogens (tertiary/aromatic N) is 5. The molecule has 2 N–H and O–H groups in total. The van der Waals surface area contributed by atoms with Crippen LogP contribution in [0.2, 0.25) is 0 Å². The molecule has 0 aliphatic carbocycles. The number of nitrogens with two attached hydrogens (primary N) is 1. The molecule has 2 rings (SSSR count). The van der Waals surface area contributed by atoms with Crippen molar-refractivity contribution in [3.8, 4) is 6.07 Å². The number of thioether (sulfide) groups is 1. The topological polar surface area (TPSA) is 92.9 Å². The number of aromatic nitrogens is 4. The van der Waals surface area contributed by atoms with Gasteiger partial charge in [0, 0.05) is 0 Å². The van der Waals surface area contributed by atoms with Gasteiger partial charge in [-0.2, -0.15) is 9.78 Å². The van der Waals surface area contributed by atoms with E-state index in [1.807, 2.05) is 13.8 Å². The van der Waals surface area contributed by atoms with Crippen molar-refractivity contribution >= 4 is 28.1 Å². The molecule has 0 aliphatic heterocycles. The van der Waals surface area contributed by atoms with Crippen molar-refractivity contribution < 1.29 is 0 Å².